The van der Waals surface area contributed by atoms with Gasteiger partial charge < -0.3 is 41.9 Å². The first kappa shape index (κ1) is 45.5. The maximum absolute atomic E-state index is 13.5. The van der Waals surface area contributed by atoms with E-state index in [0.717, 1.165) is 42.0 Å². The molecule has 18 heteroatoms. The number of benzene rings is 2. The maximum Gasteiger partial charge on any atom is 0.326 e. The van der Waals surface area contributed by atoms with Gasteiger partial charge >= 0.3 is 23.9 Å². The van der Waals surface area contributed by atoms with Crippen LogP contribution in [0, 0.1) is 11.8 Å². The number of hydrogen-bond acceptors (Lipinski definition) is 8. The second-order valence-corrected chi connectivity index (χ2v) is 14.4. The lowest BCUT2D eigenvalue weighted by molar-refractivity contribution is -0.141. The van der Waals surface area contributed by atoms with Crippen LogP contribution in [0.15, 0.2) is 47.6 Å². The van der Waals surface area contributed by atoms with E-state index in [2.05, 4.69) is 36.6 Å². The highest BCUT2D eigenvalue weighted by molar-refractivity contribution is 5.89. The van der Waals surface area contributed by atoms with E-state index in [1.165, 1.54) is 0 Å². The van der Waals surface area contributed by atoms with Crippen molar-refractivity contribution in [2.45, 2.75) is 108 Å². The molecule has 1 fully saturated rings. The van der Waals surface area contributed by atoms with Crippen LogP contribution in [0.1, 0.15) is 89.0 Å². The van der Waals surface area contributed by atoms with Gasteiger partial charge in [-0.3, -0.25) is 19.2 Å². The molecule has 0 heterocycles. The summed E-state index contributed by atoms with van der Waals surface area (Å²) in [5.74, 6) is -4.75. The van der Waals surface area contributed by atoms with Gasteiger partial charge in [-0.1, -0.05) is 54.0 Å². The molecule has 1 aliphatic carbocycles. The Hall–Kier alpha value is -5.90. The normalized spacial score (nSPS) is 16.5. The second kappa shape index (κ2) is 24.6. The molecule has 310 valence electrons. The van der Waals surface area contributed by atoms with Crippen molar-refractivity contribution >= 4 is 52.4 Å². The molecule has 5 amide bonds. The van der Waals surface area contributed by atoms with E-state index in [0.29, 0.717) is 45.2 Å². The van der Waals surface area contributed by atoms with Gasteiger partial charge in [0.1, 0.15) is 18.1 Å². The Labute approximate surface area is 330 Å². The summed E-state index contributed by atoms with van der Waals surface area (Å²) >= 11 is 0. The number of nitrogens with one attached hydrogen (secondary N) is 5. The van der Waals surface area contributed by atoms with Crippen molar-refractivity contribution in [1.82, 2.24) is 26.6 Å². The Bertz CT molecular complexity index is 1740. The summed E-state index contributed by atoms with van der Waals surface area (Å²) in [6.07, 6.45) is 5.33. The van der Waals surface area contributed by atoms with E-state index in [1.54, 1.807) is 0 Å². The molecule has 2 aromatic rings. The topological polar surface area (TPSA) is 289 Å². The molecule has 0 unspecified atom stereocenters. The quantitative estimate of drug-likeness (QED) is 0.0309. The third kappa shape index (κ3) is 17.2. The number of carbonyl (C=O) groups is 7. The molecule has 1 aliphatic rings. The number of urea groups is 1. The molecule has 0 saturated heterocycles. The van der Waals surface area contributed by atoms with Gasteiger partial charge in [0, 0.05) is 49.7 Å². The number of azide groups is 1. The Morgan fingerprint density at radius 1 is 0.737 bits per heavy atom. The monoisotopic (exact) mass is 794 g/mol. The molecule has 3 rings (SSSR count). The lowest BCUT2D eigenvalue weighted by Crippen LogP contribution is -2.51. The van der Waals surface area contributed by atoms with Crippen molar-refractivity contribution in [3.8, 4) is 0 Å². The van der Waals surface area contributed by atoms with Gasteiger partial charge in [-0.2, -0.15) is 0 Å². The molecular weight excluding hydrogens is 740 g/mol. The van der Waals surface area contributed by atoms with E-state index in [1.807, 2.05) is 42.5 Å². The minimum atomic E-state index is -1.52. The van der Waals surface area contributed by atoms with E-state index in [-0.39, 0.29) is 55.9 Å². The number of nitrogens with zero attached hydrogens (tertiary/aromatic N) is 3. The van der Waals surface area contributed by atoms with Crippen molar-refractivity contribution in [3.05, 3.63) is 58.5 Å². The van der Waals surface area contributed by atoms with Crippen LogP contribution in [-0.4, -0.2) is 94.7 Å². The molecule has 0 aliphatic heterocycles. The van der Waals surface area contributed by atoms with Crippen molar-refractivity contribution < 1.29 is 48.9 Å². The molecule has 0 bridgehead atoms. The van der Waals surface area contributed by atoms with E-state index in [9.17, 15) is 43.8 Å². The second-order valence-electron chi connectivity index (χ2n) is 14.4. The number of unbranched alkanes of at least 4 members (excludes halogenated alkanes) is 3. The minimum absolute atomic E-state index is 0.0237. The van der Waals surface area contributed by atoms with Gasteiger partial charge in [-0.15, -0.1) is 0 Å². The molecular formula is C39H54N8O10. The molecule has 1 saturated carbocycles. The first-order valence-corrected chi connectivity index (χ1v) is 19.4. The Morgan fingerprint density at radius 2 is 1.42 bits per heavy atom. The maximum atomic E-state index is 13.5. The molecule has 0 radical (unpaired) electrons. The lowest BCUT2D eigenvalue weighted by atomic mass is 9.81. The molecule has 8 N–H and O–H groups in total. The van der Waals surface area contributed by atoms with Crippen LogP contribution in [0.25, 0.3) is 21.2 Å². The Balaban J connectivity index is 1.50. The van der Waals surface area contributed by atoms with E-state index < -0.39 is 54.4 Å². The van der Waals surface area contributed by atoms with Crippen LogP contribution in [0.4, 0.5) is 4.79 Å². The zero-order chi connectivity index (χ0) is 41.6. The van der Waals surface area contributed by atoms with Crippen LogP contribution < -0.4 is 26.6 Å². The van der Waals surface area contributed by atoms with Crippen LogP contribution in [0.5, 0.6) is 0 Å². The number of rotatable bonds is 25. The number of fused-ring (bicyclic) bond motifs is 1. The smallest absolute Gasteiger partial charge is 0.326 e. The van der Waals surface area contributed by atoms with E-state index >= 15 is 0 Å². The summed E-state index contributed by atoms with van der Waals surface area (Å²) in [7, 11) is 0. The highest BCUT2D eigenvalue weighted by Crippen LogP contribution is 2.29. The first-order chi connectivity index (χ1) is 27.4. The average molecular weight is 795 g/mol. The van der Waals surface area contributed by atoms with Gasteiger partial charge in [0.2, 0.25) is 17.7 Å². The van der Waals surface area contributed by atoms with Gasteiger partial charge in [0.25, 0.3) is 0 Å². The number of carboxylic acid groups (broad SMARTS) is 3. The van der Waals surface area contributed by atoms with E-state index in [4.69, 9.17) is 10.6 Å². The highest BCUT2D eigenvalue weighted by atomic mass is 16.4. The molecule has 3 atom stereocenters. The molecule has 0 spiro atoms. The largest absolute Gasteiger partial charge is 0.481 e. The average Bonchev–Trinajstić information content (AvgIpc) is 3.18. The van der Waals surface area contributed by atoms with Crippen molar-refractivity contribution in [3.63, 3.8) is 0 Å². The first-order valence-electron chi connectivity index (χ1n) is 19.4. The standard InChI is InChI=1S/C39H54N8O10/c40-47-43-21-6-1-2-11-33(48)42-24-25-12-16-28(17-13-25)35(51)44-32(23-26-14-15-27-8-3-4-9-29(27)22-26)36(52)41-20-7-5-10-30(37(53)54)45-39(57)46-31(38(55)56)18-19-34(49)50/h3-4,8-9,14-15,22,25,28,30-32H,1-2,5-7,10-13,16-21,23-24H2,(H,41,52)(H,42,48)(H,44,51)(H,49,50)(H,53,54)(H,55,56)(H2,45,46,57)/t25-,28-,30-,31-,32-/m0/s1. The summed E-state index contributed by atoms with van der Waals surface area (Å²) in [6, 6.07) is 8.81. The van der Waals surface area contributed by atoms with Crippen LogP contribution in [0.2, 0.25) is 0 Å². The third-order valence-electron chi connectivity index (χ3n) is 9.99. The summed E-state index contributed by atoms with van der Waals surface area (Å²) in [5, 5.41) is 46.3. The number of amides is 5. The molecule has 2 aromatic carbocycles. The lowest BCUT2D eigenvalue weighted by Gasteiger charge is -2.29. The summed E-state index contributed by atoms with van der Waals surface area (Å²) in [5.41, 5.74) is 9.19. The zero-order valence-corrected chi connectivity index (χ0v) is 32.0. The number of carboxylic acids is 3. The molecule has 0 aromatic heterocycles. The van der Waals surface area contributed by atoms with Gasteiger partial charge in [0.15, 0.2) is 0 Å². The minimum Gasteiger partial charge on any atom is -0.481 e. The number of aliphatic carboxylic acids is 3. The Morgan fingerprint density at radius 3 is 2.09 bits per heavy atom. The highest BCUT2D eigenvalue weighted by Gasteiger charge is 2.30. The Kier molecular flexibility index (Phi) is 19.6. The van der Waals surface area contributed by atoms with Crippen LogP contribution in [-0.2, 0) is 35.2 Å². The number of carbonyl (C=O) groups excluding carboxylic acids is 4. The van der Waals surface area contributed by atoms with Crippen molar-refractivity contribution in [1.29, 1.82) is 0 Å². The fourth-order valence-corrected chi connectivity index (χ4v) is 6.71. The van der Waals surface area contributed by atoms with Crippen molar-refractivity contribution in [2.24, 2.45) is 17.0 Å². The van der Waals surface area contributed by atoms with Crippen molar-refractivity contribution in [2.75, 3.05) is 19.6 Å². The predicted molar refractivity (Wildman–Crippen MR) is 209 cm³/mol. The predicted octanol–water partition coefficient (Wildman–Crippen LogP) is 4.02. The summed E-state index contributed by atoms with van der Waals surface area (Å²) in [6.45, 7) is 1.12. The third-order valence-corrected chi connectivity index (χ3v) is 9.99. The fourth-order valence-electron chi connectivity index (χ4n) is 6.71. The number of hydrogen-bond donors (Lipinski definition) is 8. The van der Waals surface area contributed by atoms with Gasteiger partial charge in [-0.25, -0.2) is 14.4 Å². The zero-order valence-electron chi connectivity index (χ0n) is 32.0. The van der Waals surface area contributed by atoms with Crippen LogP contribution >= 0.6 is 0 Å². The molecule has 57 heavy (non-hydrogen) atoms. The summed E-state index contributed by atoms with van der Waals surface area (Å²) < 4.78 is 0. The van der Waals surface area contributed by atoms with Gasteiger partial charge in [-0.05, 0) is 92.0 Å². The SMILES string of the molecule is [N-]=[N+]=NCCCCCC(=O)NC[C@H]1CC[C@H](C(=O)N[C@@H](Cc2ccc3ccccc3c2)C(=O)NCCCC[C@H](NC(=O)N[C@@H](CCC(=O)O)C(=O)O)C(=O)O)CC1. The van der Waals surface area contributed by atoms with Crippen LogP contribution in [0.3, 0.4) is 0 Å². The fraction of sp³-hybridized carbons (Fsp3) is 0.564. The summed E-state index contributed by atoms with van der Waals surface area (Å²) in [4.78, 5) is 88.4. The van der Waals surface area contributed by atoms with Gasteiger partial charge in [0.05, 0.1) is 0 Å². The molecule has 18 nitrogen and oxygen atoms in total.